The van der Waals surface area contributed by atoms with Crippen LogP contribution in [-0.2, 0) is 11.3 Å². The van der Waals surface area contributed by atoms with E-state index in [2.05, 4.69) is 5.10 Å². The monoisotopic (exact) mass is 398 g/mol. The number of rotatable bonds is 6. The lowest BCUT2D eigenvalue weighted by molar-refractivity contribution is 0.0511. The molecule has 0 N–H and O–H groups in total. The summed E-state index contributed by atoms with van der Waals surface area (Å²) in [4.78, 5) is 25.0. The first-order chi connectivity index (χ1) is 13.5. The van der Waals surface area contributed by atoms with Crippen LogP contribution in [0.15, 0.2) is 59.4 Å². The van der Waals surface area contributed by atoms with E-state index in [0.29, 0.717) is 10.7 Å². The fraction of sp³-hybridized carbons (Fsp3) is 0.190. The third-order valence-electron chi connectivity index (χ3n) is 4.09. The van der Waals surface area contributed by atoms with Crippen molar-refractivity contribution >= 4 is 17.6 Å². The van der Waals surface area contributed by atoms with Gasteiger partial charge in [0.2, 0.25) is 5.69 Å². The fourth-order valence-electron chi connectivity index (χ4n) is 2.61. The Hall–Kier alpha value is -3.12. The maximum Gasteiger partial charge on any atom is 0.362 e. The van der Waals surface area contributed by atoms with Crippen LogP contribution in [0, 0.1) is 6.92 Å². The average molecular weight is 399 g/mol. The molecule has 0 radical (unpaired) electrons. The first kappa shape index (κ1) is 19.6. The van der Waals surface area contributed by atoms with Crippen molar-refractivity contribution in [1.82, 2.24) is 9.78 Å². The van der Waals surface area contributed by atoms with Crippen LogP contribution < -0.4 is 10.3 Å². The van der Waals surface area contributed by atoms with Crippen molar-refractivity contribution in [2.45, 2.75) is 20.5 Å². The summed E-state index contributed by atoms with van der Waals surface area (Å²) in [7, 11) is 0. The largest absolute Gasteiger partial charge is 0.486 e. The van der Waals surface area contributed by atoms with Crippen molar-refractivity contribution in [1.29, 1.82) is 0 Å². The van der Waals surface area contributed by atoms with Crippen LogP contribution in [0.5, 0.6) is 5.75 Å². The van der Waals surface area contributed by atoms with E-state index in [4.69, 9.17) is 21.1 Å². The van der Waals surface area contributed by atoms with E-state index < -0.39 is 11.5 Å². The van der Waals surface area contributed by atoms with Crippen LogP contribution in [0.2, 0.25) is 5.02 Å². The minimum atomic E-state index is -0.678. The second kappa shape index (κ2) is 8.71. The lowest BCUT2D eigenvalue weighted by Crippen LogP contribution is -2.25. The summed E-state index contributed by atoms with van der Waals surface area (Å²) in [5.41, 5.74) is 1.78. The Labute approximate surface area is 167 Å². The van der Waals surface area contributed by atoms with Gasteiger partial charge < -0.3 is 9.47 Å². The quantitative estimate of drug-likeness (QED) is 0.588. The Morgan fingerprint density at radius 1 is 1.14 bits per heavy atom. The molecule has 144 valence electrons. The molecule has 0 aliphatic rings. The summed E-state index contributed by atoms with van der Waals surface area (Å²) in [5.74, 6) is -0.613. The second-order valence-electron chi connectivity index (χ2n) is 5.99. The zero-order valence-electron chi connectivity index (χ0n) is 15.5. The van der Waals surface area contributed by atoms with Gasteiger partial charge in [-0.15, -0.1) is 0 Å². The lowest BCUT2D eigenvalue weighted by Gasteiger charge is -2.14. The highest BCUT2D eigenvalue weighted by Gasteiger charge is 2.20. The van der Waals surface area contributed by atoms with Gasteiger partial charge >= 0.3 is 5.97 Å². The van der Waals surface area contributed by atoms with Crippen LogP contribution in [0.25, 0.3) is 5.69 Å². The third-order valence-corrected chi connectivity index (χ3v) is 4.41. The first-order valence-electron chi connectivity index (χ1n) is 8.75. The van der Waals surface area contributed by atoms with Gasteiger partial charge in [-0.3, -0.25) is 4.79 Å². The number of para-hydroxylation sites is 1. The molecule has 0 saturated heterocycles. The minimum Gasteiger partial charge on any atom is -0.486 e. The molecule has 0 amide bonds. The third kappa shape index (κ3) is 4.23. The molecule has 7 heteroatoms. The summed E-state index contributed by atoms with van der Waals surface area (Å²) in [6, 6.07) is 15.7. The van der Waals surface area contributed by atoms with E-state index >= 15 is 0 Å². The number of hydrogen-bond donors (Lipinski definition) is 0. The Bertz CT molecular complexity index is 1060. The number of hydrogen-bond acceptors (Lipinski definition) is 5. The number of aromatic nitrogens is 2. The van der Waals surface area contributed by atoms with E-state index in [1.54, 1.807) is 31.2 Å². The summed E-state index contributed by atoms with van der Waals surface area (Å²) < 4.78 is 11.9. The summed E-state index contributed by atoms with van der Waals surface area (Å²) in [5, 5.41) is 4.51. The zero-order chi connectivity index (χ0) is 20.1. The predicted molar refractivity (Wildman–Crippen MR) is 106 cm³/mol. The van der Waals surface area contributed by atoms with Gasteiger partial charge in [0.05, 0.1) is 23.4 Å². The Balaban J connectivity index is 2.03. The standard InChI is InChI=1S/C21H19ClN2O4/c1-3-27-21(26)20-18(28-13-15-9-5-4-8-14(15)2)12-19(25)24(23-20)17-11-7-6-10-16(17)22/h4-12H,3,13H2,1-2H3. The molecule has 1 aromatic heterocycles. The van der Waals surface area contributed by atoms with E-state index in [9.17, 15) is 9.59 Å². The highest BCUT2D eigenvalue weighted by Crippen LogP contribution is 2.21. The summed E-state index contributed by atoms with van der Waals surface area (Å²) in [6.07, 6.45) is 0. The number of halogens is 1. The Kier molecular flexibility index (Phi) is 6.11. The molecule has 1 heterocycles. The maximum atomic E-state index is 12.6. The fourth-order valence-corrected chi connectivity index (χ4v) is 2.83. The highest BCUT2D eigenvalue weighted by atomic mass is 35.5. The first-order valence-corrected chi connectivity index (χ1v) is 9.12. The molecule has 0 saturated carbocycles. The van der Waals surface area contributed by atoms with E-state index in [-0.39, 0.29) is 24.7 Å². The van der Waals surface area contributed by atoms with Gasteiger partial charge in [-0.05, 0) is 37.1 Å². The van der Waals surface area contributed by atoms with Crippen LogP contribution in [-0.4, -0.2) is 22.4 Å². The van der Waals surface area contributed by atoms with Gasteiger partial charge in [-0.1, -0.05) is 48.0 Å². The Morgan fingerprint density at radius 3 is 2.57 bits per heavy atom. The van der Waals surface area contributed by atoms with Crippen molar-refractivity contribution in [3.63, 3.8) is 0 Å². The molecule has 2 aromatic carbocycles. The van der Waals surface area contributed by atoms with E-state index in [1.165, 1.54) is 6.07 Å². The van der Waals surface area contributed by atoms with Gasteiger partial charge in [0, 0.05) is 0 Å². The molecule has 0 bridgehead atoms. The smallest absolute Gasteiger partial charge is 0.362 e. The van der Waals surface area contributed by atoms with E-state index in [0.717, 1.165) is 15.8 Å². The predicted octanol–water partition coefficient (Wildman–Crippen LogP) is 3.95. The topological polar surface area (TPSA) is 70.4 Å². The maximum absolute atomic E-state index is 12.6. The molecular formula is C21H19ClN2O4. The summed E-state index contributed by atoms with van der Waals surface area (Å²) in [6.45, 7) is 4.01. The number of nitrogens with zero attached hydrogens (tertiary/aromatic N) is 2. The van der Waals surface area contributed by atoms with Crippen molar-refractivity contribution in [2.75, 3.05) is 6.61 Å². The molecule has 0 fully saturated rings. The number of benzene rings is 2. The molecule has 3 rings (SSSR count). The van der Waals surface area contributed by atoms with Gasteiger partial charge in [-0.25, -0.2) is 4.79 Å². The molecule has 3 aromatic rings. The molecule has 0 aliphatic heterocycles. The van der Waals surface area contributed by atoms with E-state index in [1.807, 2.05) is 31.2 Å². The molecule has 28 heavy (non-hydrogen) atoms. The number of esters is 1. The van der Waals surface area contributed by atoms with Gasteiger partial charge in [0.15, 0.2) is 5.75 Å². The summed E-state index contributed by atoms with van der Waals surface area (Å²) >= 11 is 6.18. The van der Waals surface area contributed by atoms with Crippen LogP contribution in [0.1, 0.15) is 28.5 Å². The van der Waals surface area contributed by atoms with Crippen molar-refractivity contribution in [3.05, 3.63) is 86.8 Å². The van der Waals surface area contributed by atoms with Crippen LogP contribution in [0.3, 0.4) is 0 Å². The van der Waals surface area contributed by atoms with Crippen LogP contribution in [0.4, 0.5) is 0 Å². The van der Waals surface area contributed by atoms with Crippen molar-refractivity contribution in [2.24, 2.45) is 0 Å². The van der Waals surface area contributed by atoms with Gasteiger partial charge in [0.25, 0.3) is 5.56 Å². The molecule has 0 spiro atoms. The van der Waals surface area contributed by atoms with Gasteiger partial charge in [-0.2, -0.15) is 9.78 Å². The Morgan fingerprint density at radius 2 is 1.86 bits per heavy atom. The van der Waals surface area contributed by atoms with Crippen molar-refractivity contribution in [3.8, 4) is 11.4 Å². The number of carbonyl (C=O) groups excluding carboxylic acids is 1. The molecule has 0 unspecified atom stereocenters. The lowest BCUT2D eigenvalue weighted by atomic mass is 10.1. The van der Waals surface area contributed by atoms with Crippen molar-refractivity contribution < 1.29 is 14.3 Å². The van der Waals surface area contributed by atoms with Gasteiger partial charge in [0.1, 0.15) is 6.61 Å². The average Bonchev–Trinajstić information content (AvgIpc) is 2.68. The SMILES string of the molecule is CCOC(=O)c1nn(-c2ccccc2Cl)c(=O)cc1OCc1ccccc1C. The number of ether oxygens (including phenoxy) is 2. The number of carbonyl (C=O) groups is 1. The van der Waals surface area contributed by atoms with Crippen LogP contribution >= 0.6 is 11.6 Å². The highest BCUT2D eigenvalue weighted by molar-refractivity contribution is 6.32. The minimum absolute atomic E-state index is 0.0648. The second-order valence-corrected chi connectivity index (χ2v) is 6.40. The molecule has 0 aliphatic carbocycles. The molecular weight excluding hydrogens is 380 g/mol. The number of aryl methyl sites for hydroxylation is 1. The normalized spacial score (nSPS) is 10.5. The zero-order valence-corrected chi connectivity index (χ0v) is 16.3. The molecule has 0 atom stereocenters. The molecule has 6 nitrogen and oxygen atoms in total.